The number of rotatable bonds is 1. The number of carboxylic acids is 1. The molecule has 1 aliphatic rings. The molecule has 0 aromatic carbocycles. The van der Waals surface area contributed by atoms with Crippen LogP contribution in [0.3, 0.4) is 0 Å². The molecular weight excluding hydrogens is 122 g/mol. The molecule has 1 rings (SSSR count). The van der Waals surface area contributed by atoms with E-state index in [0.717, 1.165) is 6.42 Å². The molecule has 1 fully saturated rings. The Kier molecular flexibility index (Phi) is 1.42. The summed E-state index contributed by atoms with van der Waals surface area (Å²) in [6, 6.07) is 0. The zero-order valence-corrected chi connectivity index (χ0v) is 4.96. The molecule has 4 heteroatoms. The maximum absolute atomic E-state index is 10.3. The predicted molar refractivity (Wildman–Crippen MR) is 29.7 cm³/mol. The van der Waals surface area contributed by atoms with Gasteiger partial charge in [0, 0.05) is 13.0 Å². The molecule has 0 aromatic rings. The maximum atomic E-state index is 10.3. The number of aliphatic carboxylic acids is 1. The van der Waals surface area contributed by atoms with E-state index in [-0.39, 0.29) is 0 Å². The van der Waals surface area contributed by atoms with Crippen molar-refractivity contribution in [2.75, 3.05) is 6.61 Å². The molecular formula is C5H9NO3. The van der Waals surface area contributed by atoms with Crippen LogP contribution in [0.5, 0.6) is 0 Å². The predicted octanol–water partition coefficient (Wildman–Crippen LogP) is -0.464. The lowest BCUT2D eigenvalue weighted by Gasteiger charge is -2.15. The Labute approximate surface area is 52.6 Å². The van der Waals surface area contributed by atoms with Crippen LogP contribution in [0.1, 0.15) is 12.8 Å². The van der Waals surface area contributed by atoms with Crippen molar-refractivity contribution in [1.29, 1.82) is 0 Å². The Morgan fingerprint density at radius 1 is 1.78 bits per heavy atom. The molecule has 0 aromatic heterocycles. The van der Waals surface area contributed by atoms with E-state index in [1.54, 1.807) is 0 Å². The largest absolute Gasteiger partial charge is 0.478 e. The van der Waals surface area contributed by atoms with Crippen LogP contribution in [-0.4, -0.2) is 23.4 Å². The molecule has 0 spiro atoms. The van der Waals surface area contributed by atoms with Crippen LogP contribution < -0.4 is 5.73 Å². The molecule has 1 aliphatic heterocycles. The SMILES string of the molecule is NC1(C(=O)O)CCCO1. The summed E-state index contributed by atoms with van der Waals surface area (Å²) in [7, 11) is 0. The lowest BCUT2D eigenvalue weighted by atomic mass is 10.1. The third-order valence-electron chi connectivity index (χ3n) is 1.41. The summed E-state index contributed by atoms with van der Waals surface area (Å²) in [6.07, 6.45) is 1.16. The quantitative estimate of drug-likeness (QED) is 0.505. The van der Waals surface area contributed by atoms with E-state index in [1.807, 2.05) is 0 Å². The summed E-state index contributed by atoms with van der Waals surface area (Å²) in [4.78, 5) is 10.3. The highest BCUT2D eigenvalue weighted by Gasteiger charge is 2.38. The van der Waals surface area contributed by atoms with Crippen LogP contribution in [0.2, 0.25) is 0 Å². The van der Waals surface area contributed by atoms with Crippen molar-refractivity contribution in [2.24, 2.45) is 5.73 Å². The van der Waals surface area contributed by atoms with Gasteiger partial charge in [0.1, 0.15) is 0 Å². The molecule has 4 nitrogen and oxygen atoms in total. The minimum atomic E-state index is -1.39. The van der Waals surface area contributed by atoms with Gasteiger partial charge in [0.05, 0.1) is 0 Å². The molecule has 0 radical (unpaired) electrons. The Hall–Kier alpha value is -0.610. The Morgan fingerprint density at radius 2 is 2.44 bits per heavy atom. The molecule has 1 atom stereocenters. The summed E-state index contributed by atoms with van der Waals surface area (Å²) in [5, 5.41) is 8.42. The number of carboxylic acid groups (broad SMARTS) is 1. The second-order valence-electron chi connectivity index (χ2n) is 2.15. The fourth-order valence-electron chi connectivity index (χ4n) is 0.830. The van der Waals surface area contributed by atoms with Gasteiger partial charge in [0.15, 0.2) is 0 Å². The normalized spacial score (nSPS) is 34.8. The van der Waals surface area contributed by atoms with Gasteiger partial charge in [0.25, 0.3) is 0 Å². The summed E-state index contributed by atoms with van der Waals surface area (Å²) in [5.41, 5.74) is 3.89. The Bertz CT molecular complexity index is 128. The fourth-order valence-corrected chi connectivity index (χ4v) is 0.830. The van der Waals surface area contributed by atoms with Crippen molar-refractivity contribution in [1.82, 2.24) is 0 Å². The minimum Gasteiger partial charge on any atom is -0.478 e. The molecule has 0 aliphatic carbocycles. The van der Waals surface area contributed by atoms with Crippen molar-refractivity contribution in [3.05, 3.63) is 0 Å². The van der Waals surface area contributed by atoms with Crippen molar-refractivity contribution < 1.29 is 14.6 Å². The molecule has 3 N–H and O–H groups in total. The molecule has 9 heavy (non-hydrogen) atoms. The van der Waals surface area contributed by atoms with E-state index in [0.29, 0.717) is 13.0 Å². The fraction of sp³-hybridized carbons (Fsp3) is 0.800. The van der Waals surface area contributed by atoms with E-state index < -0.39 is 11.7 Å². The van der Waals surface area contributed by atoms with E-state index >= 15 is 0 Å². The Balaban J connectivity index is 2.61. The highest BCUT2D eigenvalue weighted by Crippen LogP contribution is 2.19. The molecule has 52 valence electrons. The van der Waals surface area contributed by atoms with Gasteiger partial charge in [-0.15, -0.1) is 0 Å². The summed E-state index contributed by atoms with van der Waals surface area (Å²) in [6.45, 7) is 0.461. The number of carbonyl (C=O) groups is 1. The second-order valence-corrected chi connectivity index (χ2v) is 2.15. The van der Waals surface area contributed by atoms with E-state index in [1.165, 1.54) is 0 Å². The van der Waals surface area contributed by atoms with Crippen LogP contribution in [0.25, 0.3) is 0 Å². The monoisotopic (exact) mass is 131 g/mol. The van der Waals surface area contributed by atoms with Gasteiger partial charge in [-0.05, 0) is 6.42 Å². The first kappa shape index (κ1) is 6.51. The minimum absolute atomic E-state index is 0.419. The highest BCUT2D eigenvalue weighted by molar-refractivity contribution is 5.76. The molecule has 0 bridgehead atoms. The molecule has 0 amide bonds. The first-order chi connectivity index (χ1) is 4.15. The summed E-state index contributed by atoms with van der Waals surface area (Å²) in [5.74, 6) is -1.07. The van der Waals surface area contributed by atoms with Gasteiger partial charge >= 0.3 is 5.97 Å². The molecule has 1 unspecified atom stereocenters. The zero-order valence-electron chi connectivity index (χ0n) is 4.96. The topological polar surface area (TPSA) is 72.6 Å². The third kappa shape index (κ3) is 1.04. The Morgan fingerprint density at radius 3 is 2.67 bits per heavy atom. The van der Waals surface area contributed by atoms with Gasteiger partial charge in [0.2, 0.25) is 5.72 Å². The summed E-state index contributed by atoms with van der Waals surface area (Å²) >= 11 is 0. The van der Waals surface area contributed by atoms with Crippen molar-refractivity contribution in [3.63, 3.8) is 0 Å². The lowest BCUT2D eigenvalue weighted by Crippen LogP contribution is -2.46. The van der Waals surface area contributed by atoms with Crippen LogP contribution >= 0.6 is 0 Å². The van der Waals surface area contributed by atoms with Gasteiger partial charge in [-0.2, -0.15) is 0 Å². The van der Waals surface area contributed by atoms with Crippen LogP contribution in [0.15, 0.2) is 0 Å². The molecule has 1 saturated heterocycles. The van der Waals surface area contributed by atoms with E-state index in [2.05, 4.69) is 0 Å². The smallest absolute Gasteiger partial charge is 0.351 e. The first-order valence-corrected chi connectivity index (χ1v) is 2.81. The van der Waals surface area contributed by atoms with Crippen LogP contribution in [-0.2, 0) is 9.53 Å². The first-order valence-electron chi connectivity index (χ1n) is 2.81. The van der Waals surface area contributed by atoms with Crippen molar-refractivity contribution in [2.45, 2.75) is 18.6 Å². The third-order valence-corrected chi connectivity index (χ3v) is 1.41. The van der Waals surface area contributed by atoms with E-state index in [9.17, 15) is 4.79 Å². The van der Waals surface area contributed by atoms with Crippen molar-refractivity contribution in [3.8, 4) is 0 Å². The van der Waals surface area contributed by atoms with Gasteiger partial charge in [-0.1, -0.05) is 0 Å². The molecule has 1 heterocycles. The van der Waals surface area contributed by atoms with Crippen molar-refractivity contribution >= 4 is 5.97 Å². The highest BCUT2D eigenvalue weighted by atomic mass is 16.5. The maximum Gasteiger partial charge on any atom is 0.351 e. The van der Waals surface area contributed by atoms with Gasteiger partial charge in [-0.25, -0.2) is 4.79 Å². The molecule has 0 saturated carbocycles. The zero-order chi connectivity index (χ0) is 6.91. The van der Waals surface area contributed by atoms with Crippen LogP contribution in [0.4, 0.5) is 0 Å². The second kappa shape index (κ2) is 1.97. The van der Waals surface area contributed by atoms with Crippen LogP contribution in [0, 0.1) is 0 Å². The average molecular weight is 131 g/mol. The average Bonchev–Trinajstić information content (AvgIpc) is 2.16. The number of nitrogens with two attached hydrogens (primary N) is 1. The number of ether oxygens (including phenoxy) is 1. The lowest BCUT2D eigenvalue weighted by molar-refractivity contribution is -0.159. The standard InChI is InChI=1S/C5H9NO3/c6-5(4(7)8)2-1-3-9-5/h1-3,6H2,(H,7,8). The number of hydrogen-bond acceptors (Lipinski definition) is 3. The van der Waals surface area contributed by atoms with Gasteiger partial charge < -0.3 is 9.84 Å². The summed E-state index contributed by atoms with van der Waals surface area (Å²) < 4.78 is 4.78. The van der Waals surface area contributed by atoms with E-state index in [4.69, 9.17) is 15.6 Å². The van der Waals surface area contributed by atoms with Gasteiger partial charge in [-0.3, -0.25) is 5.73 Å². The number of hydrogen-bond donors (Lipinski definition) is 2.